The van der Waals surface area contributed by atoms with Crippen LogP contribution in [-0.2, 0) is 7.05 Å². The van der Waals surface area contributed by atoms with E-state index in [2.05, 4.69) is 10.1 Å². The van der Waals surface area contributed by atoms with Gasteiger partial charge in [0, 0.05) is 18.6 Å². The van der Waals surface area contributed by atoms with Crippen LogP contribution in [-0.4, -0.2) is 14.8 Å². The molecule has 0 fully saturated rings. The third kappa shape index (κ3) is 0.808. The number of aryl methyl sites for hydroxylation is 2. The summed E-state index contributed by atoms with van der Waals surface area (Å²) in [5, 5.41) is 5.32. The molecule has 0 amide bonds. The van der Waals surface area contributed by atoms with E-state index >= 15 is 0 Å². The molecule has 0 aliphatic carbocycles. The first-order valence-corrected chi connectivity index (χ1v) is 3.51. The largest absolute Gasteiger partial charge is 0.266 e. The Hall–Kier alpha value is -1.38. The molecule has 0 radical (unpaired) electrons. The number of aromatic nitrogens is 3. The van der Waals surface area contributed by atoms with Gasteiger partial charge in [-0.1, -0.05) is 0 Å². The average Bonchev–Trinajstić information content (AvgIpc) is 2.35. The summed E-state index contributed by atoms with van der Waals surface area (Å²) in [6.45, 7) is 2.04. The van der Waals surface area contributed by atoms with Crippen molar-refractivity contribution >= 4 is 10.9 Å². The van der Waals surface area contributed by atoms with Crippen LogP contribution in [0.3, 0.4) is 0 Å². The molecule has 0 aliphatic rings. The third-order valence-corrected chi connectivity index (χ3v) is 1.87. The van der Waals surface area contributed by atoms with E-state index in [9.17, 15) is 0 Å². The van der Waals surface area contributed by atoms with E-state index in [0.29, 0.717) is 0 Å². The summed E-state index contributed by atoms with van der Waals surface area (Å²) in [4.78, 5) is 4.08. The van der Waals surface area contributed by atoms with Crippen molar-refractivity contribution in [3.63, 3.8) is 0 Å². The van der Waals surface area contributed by atoms with Crippen LogP contribution in [0.4, 0.5) is 0 Å². The zero-order valence-corrected chi connectivity index (χ0v) is 6.57. The van der Waals surface area contributed by atoms with Crippen molar-refractivity contribution in [2.45, 2.75) is 6.92 Å². The molecule has 0 aromatic carbocycles. The van der Waals surface area contributed by atoms with Crippen molar-refractivity contribution in [2.75, 3.05) is 0 Å². The van der Waals surface area contributed by atoms with E-state index < -0.39 is 0 Å². The van der Waals surface area contributed by atoms with Gasteiger partial charge in [0.1, 0.15) is 0 Å². The fourth-order valence-electron chi connectivity index (χ4n) is 1.19. The zero-order valence-electron chi connectivity index (χ0n) is 6.57. The molecule has 3 heteroatoms. The highest BCUT2D eigenvalue weighted by Crippen LogP contribution is 2.14. The molecule has 3 nitrogen and oxygen atoms in total. The molecule has 2 rings (SSSR count). The monoisotopic (exact) mass is 147 g/mol. The highest BCUT2D eigenvalue weighted by Gasteiger charge is 2.00. The lowest BCUT2D eigenvalue weighted by molar-refractivity contribution is 0.795. The summed E-state index contributed by atoms with van der Waals surface area (Å²) >= 11 is 0. The summed E-state index contributed by atoms with van der Waals surface area (Å²) < 4.78 is 1.83. The molecule has 0 saturated heterocycles. The van der Waals surface area contributed by atoms with E-state index in [1.54, 1.807) is 0 Å². The Labute approximate surface area is 64.7 Å². The van der Waals surface area contributed by atoms with Crippen molar-refractivity contribution in [3.05, 3.63) is 24.2 Å². The fourth-order valence-corrected chi connectivity index (χ4v) is 1.19. The molecule has 0 saturated carbocycles. The summed E-state index contributed by atoms with van der Waals surface area (Å²) in [7, 11) is 1.92. The number of pyridine rings is 1. The van der Waals surface area contributed by atoms with Gasteiger partial charge in [0.05, 0.1) is 17.9 Å². The number of hydrogen-bond donors (Lipinski definition) is 0. The Bertz CT molecular complexity index is 389. The van der Waals surface area contributed by atoms with Gasteiger partial charge in [0.25, 0.3) is 0 Å². The molecule has 2 heterocycles. The molecule has 11 heavy (non-hydrogen) atoms. The van der Waals surface area contributed by atoms with Crippen LogP contribution >= 0.6 is 0 Å². The Morgan fingerprint density at radius 3 is 2.82 bits per heavy atom. The second-order valence-electron chi connectivity index (χ2n) is 2.66. The van der Waals surface area contributed by atoms with Gasteiger partial charge in [-0.3, -0.25) is 9.67 Å². The summed E-state index contributed by atoms with van der Waals surface area (Å²) in [6, 6.07) is 0. The van der Waals surface area contributed by atoms with Crippen LogP contribution in [0.2, 0.25) is 0 Å². The van der Waals surface area contributed by atoms with Gasteiger partial charge >= 0.3 is 0 Å². The number of nitrogens with zero attached hydrogens (tertiary/aromatic N) is 3. The average molecular weight is 147 g/mol. The molecule has 0 atom stereocenters. The van der Waals surface area contributed by atoms with Gasteiger partial charge in [-0.05, 0) is 12.5 Å². The van der Waals surface area contributed by atoms with E-state index in [0.717, 1.165) is 5.52 Å². The molecule has 0 bridgehead atoms. The Morgan fingerprint density at radius 2 is 2.09 bits per heavy atom. The summed E-state index contributed by atoms with van der Waals surface area (Å²) in [5.74, 6) is 0. The van der Waals surface area contributed by atoms with Gasteiger partial charge < -0.3 is 0 Å². The van der Waals surface area contributed by atoms with E-state index in [4.69, 9.17) is 0 Å². The lowest BCUT2D eigenvalue weighted by Gasteiger charge is -1.94. The zero-order chi connectivity index (χ0) is 7.84. The summed E-state index contributed by atoms with van der Waals surface area (Å²) in [5.41, 5.74) is 2.26. The first kappa shape index (κ1) is 6.34. The third-order valence-electron chi connectivity index (χ3n) is 1.87. The predicted molar refractivity (Wildman–Crippen MR) is 43.2 cm³/mol. The molecule has 0 aliphatic heterocycles. The molecular formula is C8H9N3. The number of rotatable bonds is 0. The SMILES string of the molecule is Cc1cncc2c1cnn2C. The second kappa shape index (κ2) is 2.05. The Kier molecular flexibility index (Phi) is 1.18. The highest BCUT2D eigenvalue weighted by atomic mass is 15.2. The van der Waals surface area contributed by atoms with Crippen LogP contribution < -0.4 is 0 Å². The lowest BCUT2D eigenvalue weighted by Crippen LogP contribution is -1.89. The first-order valence-electron chi connectivity index (χ1n) is 3.51. The van der Waals surface area contributed by atoms with Crippen LogP contribution in [0.25, 0.3) is 10.9 Å². The minimum atomic E-state index is 1.09. The molecule has 0 N–H and O–H groups in total. The van der Waals surface area contributed by atoms with Crippen molar-refractivity contribution in [2.24, 2.45) is 7.05 Å². The van der Waals surface area contributed by atoms with Gasteiger partial charge in [0.2, 0.25) is 0 Å². The lowest BCUT2D eigenvalue weighted by atomic mass is 10.2. The number of hydrogen-bond acceptors (Lipinski definition) is 2. The van der Waals surface area contributed by atoms with Crippen LogP contribution in [0.15, 0.2) is 18.6 Å². The Balaban J connectivity index is 2.94. The predicted octanol–water partition coefficient (Wildman–Crippen LogP) is 1.28. The van der Waals surface area contributed by atoms with Gasteiger partial charge in [-0.2, -0.15) is 5.10 Å². The highest BCUT2D eigenvalue weighted by molar-refractivity contribution is 5.80. The van der Waals surface area contributed by atoms with Crippen molar-refractivity contribution in [3.8, 4) is 0 Å². The quantitative estimate of drug-likeness (QED) is 0.562. The van der Waals surface area contributed by atoms with Crippen LogP contribution in [0.1, 0.15) is 5.56 Å². The van der Waals surface area contributed by atoms with Crippen molar-refractivity contribution in [1.82, 2.24) is 14.8 Å². The fraction of sp³-hybridized carbons (Fsp3) is 0.250. The molecule has 0 unspecified atom stereocenters. The van der Waals surface area contributed by atoms with Crippen molar-refractivity contribution in [1.29, 1.82) is 0 Å². The van der Waals surface area contributed by atoms with E-state index in [1.165, 1.54) is 10.9 Å². The van der Waals surface area contributed by atoms with Gasteiger partial charge in [0.15, 0.2) is 0 Å². The van der Waals surface area contributed by atoms with Crippen LogP contribution in [0.5, 0.6) is 0 Å². The Morgan fingerprint density at radius 1 is 1.27 bits per heavy atom. The van der Waals surface area contributed by atoms with Gasteiger partial charge in [-0.25, -0.2) is 0 Å². The molecule has 2 aromatic rings. The maximum atomic E-state index is 4.13. The second-order valence-corrected chi connectivity index (χ2v) is 2.66. The van der Waals surface area contributed by atoms with E-state index in [1.807, 2.05) is 37.2 Å². The minimum absolute atomic E-state index is 1.09. The summed E-state index contributed by atoms with van der Waals surface area (Å²) in [6.07, 6.45) is 5.55. The maximum Gasteiger partial charge on any atom is 0.0864 e. The molecule has 2 aromatic heterocycles. The molecule has 0 spiro atoms. The minimum Gasteiger partial charge on any atom is -0.266 e. The standard InChI is InChI=1S/C8H9N3/c1-6-3-9-5-8-7(6)4-10-11(8)2/h3-5H,1-2H3. The smallest absolute Gasteiger partial charge is 0.0864 e. The molecular weight excluding hydrogens is 138 g/mol. The molecule has 56 valence electrons. The van der Waals surface area contributed by atoms with E-state index in [-0.39, 0.29) is 0 Å². The topological polar surface area (TPSA) is 30.7 Å². The maximum absolute atomic E-state index is 4.13. The normalized spacial score (nSPS) is 10.7. The number of fused-ring (bicyclic) bond motifs is 1. The first-order chi connectivity index (χ1) is 5.29. The van der Waals surface area contributed by atoms with Gasteiger partial charge in [-0.15, -0.1) is 0 Å². The van der Waals surface area contributed by atoms with Crippen molar-refractivity contribution < 1.29 is 0 Å². The van der Waals surface area contributed by atoms with Crippen LogP contribution in [0, 0.1) is 6.92 Å².